The summed E-state index contributed by atoms with van der Waals surface area (Å²) in [5.74, 6) is -1.59. The van der Waals surface area contributed by atoms with E-state index in [1.54, 1.807) is 0 Å². The number of hydrogen-bond acceptors (Lipinski definition) is 16. The van der Waals surface area contributed by atoms with Gasteiger partial charge in [0.15, 0.2) is 9.84 Å². The summed E-state index contributed by atoms with van der Waals surface area (Å²) < 4.78 is 80.7. The summed E-state index contributed by atoms with van der Waals surface area (Å²) in [6.07, 6.45) is -0.700. The number of H-pyrrole nitrogens is 2. The Kier molecular flexibility index (Phi) is 14.3. The molecule has 20 nitrogen and oxygen atoms in total. The third kappa shape index (κ3) is 11.3. The van der Waals surface area contributed by atoms with Gasteiger partial charge >= 0.3 is 31.1 Å². The van der Waals surface area contributed by atoms with E-state index in [9.17, 15) is 41.8 Å². The number of carbonyl (C=O) groups is 2. The van der Waals surface area contributed by atoms with E-state index in [1.165, 1.54) is 58.8 Å². The fourth-order valence-electron chi connectivity index (χ4n) is 5.82. The van der Waals surface area contributed by atoms with Gasteiger partial charge < -0.3 is 23.5 Å². The first-order valence-corrected chi connectivity index (χ1v) is 21.9. The van der Waals surface area contributed by atoms with E-state index < -0.39 is 102 Å². The molecule has 2 N–H and O–H groups in total. The van der Waals surface area contributed by atoms with Gasteiger partial charge in [0.1, 0.15) is 42.6 Å². The summed E-state index contributed by atoms with van der Waals surface area (Å²) >= 11 is 6.16. The average molecular weight is 967 g/mol. The number of benzene rings is 1. The predicted octanol–water partition coefficient (Wildman–Crippen LogP) is 2.88. The first-order valence-electron chi connectivity index (χ1n) is 16.7. The number of rotatable bonds is 15. The zero-order valence-electron chi connectivity index (χ0n) is 30.1. The maximum atomic E-state index is 14.4. The standard InChI is InChI=1S/C33H35Br2N4O16PS/c1-18(40)51-24-12-28(38-14-20(8-10-34)30(42)36-32(38)44)53-26(24)16-49-56(46,55-22-4-6-23(7-5-22)57(3,47)48)50-17-27-25(52-19(2)41)13-29(54-27)39-15-21(9-11-35)31(43)37-33(39)45/h4-11,14-15,24-29H,12-13,16-17H2,1-3H3,(H,36,42,44)(H,37,43,45)/b10-8+,11-9+/t24-,25-,26+,27+,28+,29+/m0/s1. The van der Waals surface area contributed by atoms with Crippen molar-refractivity contribution >= 4 is 73.6 Å². The van der Waals surface area contributed by atoms with Gasteiger partial charge in [0.2, 0.25) is 0 Å². The van der Waals surface area contributed by atoms with Crippen molar-refractivity contribution in [2.24, 2.45) is 0 Å². The number of nitrogens with zero attached hydrogens (tertiary/aromatic N) is 2. The average Bonchev–Trinajstić information content (AvgIpc) is 3.71. The van der Waals surface area contributed by atoms with Gasteiger partial charge in [0.25, 0.3) is 11.1 Å². The molecule has 308 valence electrons. The summed E-state index contributed by atoms with van der Waals surface area (Å²) in [5.41, 5.74) is -2.80. The van der Waals surface area contributed by atoms with Crippen molar-refractivity contribution in [2.75, 3.05) is 19.5 Å². The van der Waals surface area contributed by atoms with E-state index in [1.807, 2.05) is 0 Å². The van der Waals surface area contributed by atoms with Crippen molar-refractivity contribution in [1.82, 2.24) is 19.1 Å². The van der Waals surface area contributed by atoms with Crippen molar-refractivity contribution < 1.29 is 55.1 Å². The van der Waals surface area contributed by atoms with Crippen LogP contribution in [0.2, 0.25) is 0 Å². The number of sulfone groups is 1. The van der Waals surface area contributed by atoms with Crippen LogP contribution >= 0.6 is 39.7 Å². The Morgan fingerprint density at radius 2 is 1.23 bits per heavy atom. The molecule has 57 heavy (non-hydrogen) atoms. The van der Waals surface area contributed by atoms with Crippen molar-refractivity contribution in [3.63, 3.8) is 0 Å². The summed E-state index contributed by atoms with van der Waals surface area (Å²) in [7, 11) is -8.44. The summed E-state index contributed by atoms with van der Waals surface area (Å²) in [6, 6.07) is 4.79. The number of halogens is 2. The third-order valence-corrected chi connectivity index (χ3v) is 11.4. The topological polar surface area (TPSA) is 260 Å². The second kappa shape index (κ2) is 18.6. The smallest absolute Gasteiger partial charge is 0.460 e. The molecule has 4 heterocycles. The highest BCUT2D eigenvalue weighted by molar-refractivity contribution is 9.11. The first kappa shape index (κ1) is 43.9. The zero-order valence-corrected chi connectivity index (χ0v) is 35.0. The Balaban J connectivity index is 1.42. The molecule has 2 aliphatic rings. The van der Waals surface area contributed by atoms with E-state index in [4.69, 9.17) is 32.5 Å². The van der Waals surface area contributed by atoms with E-state index in [0.717, 1.165) is 29.2 Å². The lowest BCUT2D eigenvalue weighted by Crippen LogP contribution is -2.34. The van der Waals surface area contributed by atoms with Crippen molar-refractivity contribution in [2.45, 2.75) is 68.5 Å². The largest absolute Gasteiger partial charge is 0.530 e. The van der Waals surface area contributed by atoms with Crippen molar-refractivity contribution in [1.29, 1.82) is 0 Å². The molecule has 1 aromatic carbocycles. The van der Waals surface area contributed by atoms with Crippen LogP contribution in [-0.4, -0.2) is 83.3 Å². The lowest BCUT2D eigenvalue weighted by atomic mass is 10.2. The molecule has 0 radical (unpaired) electrons. The molecule has 3 aromatic rings. The van der Waals surface area contributed by atoms with Crippen LogP contribution in [0.15, 0.2) is 70.7 Å². The molecule has 2 fully saturated rings. The van der Waals surface area contributed by atoms with Crippen LogP contribution in [0.5, 0.6) is 5.75 Å². The van der Waals surface area contributed by atoms with Crippen molar-refractivity contribution in [3.05, 3.63) is 99.4 Å². The molecule has 0 spiro atoms. The molecule has 2 aliphatic heterocycles. The fraction of sp³-hybridized carbons (Fsp3) is 0.394. The molecular weight excluding hydrogens is 931 g/mol. The molecule has 0 unspecified atom stereocenters. The molecular formula is C33H35Br2N4O16PS. The summed E-state index contributed by atoms with van der Waals surface area (Å²) in [5, 5.41) is 0. The second-order valence-electron chi connectivity index (χ2n) is 12.5. The molecule has 0 aliphatic carbocycles. The van der Waals surface area contributed by atoms with E-state index in [2.05, 4.69) is 41.8 Å². The minimum atomic E-state index is -4.82. The second-order valence-corrected chi connectivity index (χ2v) is 17.2. The number of phosphoric ester groups is 1. The maximum Gasteiger partial charge on any atom is 0.530 e. The van der Waals surface area contributed by atoms with Crippen molar-refractivity contribution in [3.8, 4) is 5.75 Å². The molecule has 5 rings (SSSR count). The lowest BCUT2D eigenvalue weighted by Gasteiger charge is -2.24. The zero-order chi connectivity index (χ0) is 41.7. The highest BCUT2D eigenvalue weighted by atomic mass is 79.9. The van der Waals surface area contributed by atoms with Crippen LogP contribution in [0.25, 0.3) is 12.2 Å². The molecule has 2 saturated heterocycles. The van der Waals surface area contributed by atoms with E-state index >= 15 is 0 Å². The van der Waals surface area contributed by atoms with Crippen LogP contribution in [0.1, 0.15) is 50.3 Å². The Labute approximate surface area is 339 Å². The minimum absolute atomic E-state index is 0.0738. The number of aromatic nitrogens is 4. The molecule has 6 atom stereocenters. The van der Waals surface area contributed by atoms with Crippen LogP contribution in [0.4, 0.5) is 0 Å². The van der Waals surface area contributed by atoms with E-state index in [-0.39, 0.29) is 34.6 Å². The Morgan fingerprint density at radius 3 is 1.60 bits per heavy atom. The number of hydrogen-bond donors (Lipinski definition) is 2. The number of nitrogens with one attached hydrogen (secondary N) is 2. The van der Waals surface area contributed by atoms with Gasteiger partial charge in [-0.3, -0.25) is 47.3 Å². The highest BCUT2D eigenvalue weighted by Crippen LogP contribution is 2.51. The van der Waals surface area contributed by atoms with Gasteiger partial charge in [-0.25, -0.2) is 22.6 Å². The molecule has 0 amide bonds. The van der Waals surface area contributed by atoms with E-state index in [0.29, 0.717) is 0 Å². The van der Waals surface area contributed by atoms with Gasteiger partial charge in [-0.2, -0.15) is 0 Å². The number of esters is 2. The number of ether oxygens (including phenoxy) is 4. The molecule has 24 heteroatoms. The van der Waals surface area contributed by atoms with Gasteiger partial charge in [-0.1, -0.05) is 31.9 Å². The van der Waals surface area contributed by atoms with Crippen LogP contribution in [-0.2, 0) is 52.0 Å². The van der Waals surface area contributed by atoms with Gasteiger partial charge in [-0.05, 0) is 46.4 Å². The Hall–Kier alpha value is -4.22. The van der Waals surface area contributed by atoms with Gasteiger partial charge in [-0.15, -0.1) is 0 Å². The van der Waals surface area contributed by atoms with Crippen LogP contribution in [0, 0.1) is 0 Å². The first-order chi connectivity index (χ1) is 26.9. The lowest BCUT2D eigenvalue weighted by molar-refractivity contribution is -0.150. The molecule has 0 bridgehead atoms. The normalized spacial score (nSPS) is 22.6. The maximum absolute atomic E-state index is 14.4. The highest BCUT2D eigenvalue weighted by Gasteiger charge is 2.44. The van der Waals surface area contributed by atoms with Crippen LogP contribution < -0.4 is 27.0 Å². The Bertz CT molecular complexity index is 2320. The monoisotopic (exact) mass is 964 g/mol. The molecule has 0 saturated carbocycles. The summed E-state index contributed by atoms with van der Waals surface area (Å²) in [4.78, 5) is 81.3. The number of phosphoric acid groups is 1. The number of carbonyl (C=O) groups excluding carboxylic acids is 2. The number of aromatic amines is 2. The Morgan fingerprint density at radius 1 is 0.807 bits per heavy atom. The predicted molar refractivity (Wildman–Crippen MR) is 206 cm³/mol. The quantitative estimate of drug-likeness (QED) is 0.164. The summed E-state index contributed by atoms with van der Waals surface area (Å²) in [6.45, 7) is 1.000. The molecule has 2 aromatic heterocycles. The third-order valence-electron chi connectivity index (χ3n) is 8.35. The SMILES string of the molecule is CC(=O)O[C@H]1C[C@H](n2cc(/C=C/Br)c(=O)[nH]c2=O)O[C@@H]1COP(=O)(OC[C@H]1O[C@@H](n2cc(/C=C/Br)c(=O)[nH]c2=O)C[C@@H]1OC(C)=O)Oc1ccc(S(C)(=O)=O)cc1. The van der Waals surface area contributed by atoms with Gasteiger partial charge in [0, 0.05) is 45.3 Å². The van der Waals surface area contributed by atoms with Crippen LogP contribution in [0.3, 0.4) is 0 Å². The minimum Gasteiger partial charge on any atom is -0.460 e. The fourth-order valence-corrected chi connectivity index (χ4v) is 8.23. The van der Waals surface area contributed by atoms with Gasteiger partial charge in [0.05, 0.1) is 29.2 Å².